The van der Waals surface area contributed by atoms with E-state index < -0.39 is 34.4 Å². The van der Waals surface area contributed by atoms with Crippen molar-refractivity contribution in [2.24, 2.45) is 0 Å². The molecule has 12 heteroatoms. The van der Waals surface area contributed by atoms with Crippen LogP contribution in [-0.2, 0) is 32.6 Å². The zero-order valence-electron chi connectivity index (χ0n) is 25.4. The number of aryl methyl sites for hydroxylation is 1. The molecule has 0 aromatic heterocycles. The van der Waals surface area contributed by atoms with Gasteiger partial charge in [0.15, 0.2) is 0 Å². The van der Waals surface area contributed by atoms with E-state index in [-0.39, 0.29) is 44.7 Å². The Morgan fingerprint density at radius 3 is 2.00 bits per heavy atom. The number of hydrogen-bond acceptors (Lipinski definition) is 4. The summed E-state index contributed by atoms with van der Waals surface area (Å²) in [5.74, 6) is -1.04. The first-order chi connectivity index (χ1) is 21.7. The second-order valence-corrected chi connectivity index (χ2v) is 14.6. The normalized spacial score (nSPS) is 12.1. The van der Waals surface area contributed by atoms with E-state index in [2.05, 4.69) is 5.32 Å². The molecule has 0 spiro atoms. The maximum absolute atomic E-state index is 14.5. The Morgan fingerprint density at radius 1 is 0.783 bits per heavy atom. The summed E-state index contributed by atoms with van der Waals surface area (Å²) < 4.78 is 29.3. The Balaban J connectivity index is 1.84. The molecule has 0 radical (unpaired) electrons. The highest BCUT2D eigenvalue weighted by atomic mass is 35.5. The zero-order chi connectivity index (χ0) is 33.6. The van der Waals surface area contributed by atoms with Gasteiger partial charge in [-0.15, -0.1) is 0 Å². The van der Waals surface area contributed by atoms with Crippen LogP contribution in [0.4, 0.5) is 5.69 Å². The third kappa shape index (κ3) is 9.17. The molecule has 0 aliphatic carbocycles. The van der Waals surface area contributed by atoms with Crippen molar-refractivity contribution in [1.82, 2.24) is 10.2 Å². The summed E-state index contributed by atoms with van der Waals surface area (Å²) >= 11 is 25.1. The number of benzene rings is 4. The lowest BCUT2D eigenvalue weighted by atomic mass is 10.0. The lowest BCUT2D eigenvalue weighted by Crippen LogP contribution is -2.54. The third-order valence-corrected chi connectivity index (χ3v) is 10.0. The van der Waals surface area contributed by atoms with E-state index >= 15 is 0 Å². The van der Waals surface area contributed by atoms with Gasteiger partial charge in [-0.3, -0.25) is 13.9 Å². The van der Waals surface area contributed by atoms with E-state index in [1.54, 1.807) is 30.3 Å². The molecule has 4 aromatic carbocycles. The average molecular weight is 722 g/mol. The van der Waals surface area contributed by atoms with Crippen molar-refractivity contribution in [3.05, 3.63) is 128 Å². The van der Waals surface area contributed by atoms with Crippen LogP contribution in [0.2, 0.25) is 20.1 Å². The molecule has 1 atom stereocenters. The quantitative estimate of drug-likeness (QED) is 0.161. The van der Waals surface area contributed by atoms with Crippen molar-refractivity contribution >= 4 is 73.9 Å². The Bertz CT molecular complexity index is 1780. The predicted molar refractivity (Wildman–Crippen MR) is 186 cm³/mol. The number of nitrogens with one attached hydrogen (secondary N) is 1. The van der Waals surface area contributed by atoms with Crippen LogP contribution in [0.1, 0.15) is 30.5 Å². The summed E-state index contributed by atoms with van der Waals surface area (Å²) in [5.41, 5.74) is 2.35. The number of halogens is 4. The largest absolute Gasteiger partial charge is 0.352 e. The Morgan fingerprint density at radius 2 is 1.41 bits per heavy atom. The first-order valence-electron chi connectivity index (χ1n) is 14.4. The topological polar surface area (TPSA) is 86.8 Å². The maximum Gasteiger partial charge on any atom is 0.264 e. The van der Waals surface area contributed by atoms with Gasteiger partial charge in [-0.2, -0.15) is 0 Å². The molecule has 46 heavy (non-hydrogen) atoms. The molecule has 0 unspecified atom stereocenters. The Labute approximate surface area is 290 Å². The molecule has 0 fully saturated rings. The Hall–Kier alpha value is -3.27. The van der Waals surface area contributed by atoms with Crippen molar-refractivity contribution in [3.8, 4) is 0 Å². The molecule has 7 nitrogen and oxygen atoms in total. The summed E-state index contributed by atoms with van der Waals surface area (Å²) in [4.78, 5) is 29.7. The molecule has 0 aliphatic heterocycles. The van der Waals surface area contributed by atoms with Crippen LogP contribution >= 0.6 is 46.4 Å². The molecule has 4 aromatic rings. The van der Waals surface area contributed by atoms with Crippen LogP contribution in [0.5, 0.6) is 0 Å². The second kappa shape index (κ2) is 15.5. The van der Waals surface area contributed by atoms with Crippen LogP contribution in [-0.4, -0.2) is 43.8 Å². The fourth-order valence-corrected chi connectivity index (χ4v) is 7.05. The van der Waals surface area contributed by atoms with Gasteiger partial charge in [-0.05, 0) is 74.4 Å². The standard InChI is InChI=1S/C34H33Cl4N3O4S/c1-22(2)39-34(43)32(16-24-7-5-4-6-8-24)40(20-25-11-14-30(37)31(38)15-25)33(42)21-41(28-18-26(35)17-27(36)19-28)46(44,45)29-12-9-23(3)10-13-29/h4-15,17-19,22,32H,16,20-21H2,1-3H3,(H,39,43)/t32-/m0/s1. The van der Waals surface area contributed by atoms with Crippen LogP contribution in [0, 0.1) is 6.92 Å². The van der Waals surface area contributed by atoms with E-state index in [9.17, 15) is 18.0 Å². The van der Waals surface area contributed by atoms with Crippen LogP contribution in [0.25, 0.3) is 0 Å². The van der Waals surface area contributed by atoms with E-state index in [0.29, 0.717) is 10.6 Å². The highest BCUT2D eigenvalue weighted by Gasteiger charge is 2.35. The van der Waals surface area contributed by atoms with E-state index in [1.165, 1.54) is 35.2 Å². The number of rotatable bonds is 12. The van der Waals surface area contributed by atoms with Crippen molar-refractivity contribution < 1.29 is 18.0 Å². The van der Waals surface area contributed by atoms with E-state index in [4.69, 9.17) is 46.4 Å². The monoisotopic (exact) mass is 719 g/mol. The van der Waals surface area contributed by atoms with Gasteiger partial charge < -0.3 is 10.2 Å². The van der Waals surface area contributed by atoms with Gasteiger partial charge in [0.2, 0.25) is 11.8 Å². The summed E-state index contributed by atoms with van der Waals surface area (Å²) in [6.07, 6.45) is 0.167. The molecular weight excluding hydrogens is 688 g/mol. The molecule has 1 N–H and O–H groups in total. The number of nitrogens with zero attached hydrogens (tertiary/aromatic N) is 2. The average Bonchev–Trinajstić information content (AvgIpc) is 2.99. The number of sulfonamides is 1. The predicted octanol–water partition coefficient (Wildman–Crippen LogP) is 7.97. The van der Waals surface area contributed by atoms with Crippen molar-refractivity contribution in [2.45, 2.75) is 50.7 Å². The number of amides is 2. The van der Waals surface area contributed by atoms with Crippen molar-refractivity contribution in [2.75, 3.05) is 10.8 Å². The lowest BCUT2D eigenvalue weighted by molar-refractivity contribution is -0.140. The molecule has 242 valence electrons. The number of carbonyl (C=O) groups is 2. The summed E-state index contributed by atoms with van der Waals surface area (Å²) in [6.45, 7) is 4.76. The van der Waals surface area contributed by atoms with Crippen LogP contribution in [0.15, 0.2) is 95.9 Å². The van der Waals surface area contributed by atoms with Crippen LogP contribution < -0.4 is 9.62 Å². The fraction of sp³-hybridized carbons (Fsp3) is 0.235. The molecule has 0 aliphatic rings. The van der Waals surface area contributed by atoms with Gasteiger partial charge in [0.05, 0.1) is 20.6 Å². The van der Waals surface area contributed by atoms with E-state index in [1.807, 2.05) is 51.1 Å². The van der Waals surface area contributed by atoms with Gasteiger partial charge in [-0.25, -0.2) is 8.42 Å². The Kier molecular flexibility index (Phi) is 12.0. The number of hydrogen-bond donors (Lipinski definition) is 1. The highest BCUT2D eigenvalue weighted by Crippen LogP contribution is 2.31. The molecule has 4 rings (SSSR count). The fourth-order valence-electron chi connectivity index (χ4n) is 4.82. The first-order valence-corrected chi connectivity index (χ1v) is 17.3. The van der Waals surface area contributed by atoms with Gasteiger partial charge in [-0.1, -0.05) is 100 Å². The maximum atomic E-state index is 14.5. The molecule has 0 saturated heterocycles. The molecule has 0 bridgehead atoms. The SMILES string of the molecule is Cc1ccc(S(=O)(=O)N(CC(=O)N(Cc2ccc(Cl)c(Cl)c2)[C@@H](Cc2ccccc2)C(=O)NC(C)C)c2cc(Cl)cc(Cl)c2)cc1. The lowest BCUT2D eigenvalue weighted by Gasteiger charge is -2.34. The summed E-state index contributed by atoms with van der Waals surface area (Å²) in [5, 5.41) is 3.89. The minimum Gasteiger partial charge on any atom is -0.352 e. The first kappa shape index (κ1) is 35.6. The van der Waals surface area contributed by atoms with Gasteiger partial charge in [0, 0.05) is 29.1 Å². The van der Waals surface area contributed by atoms with Crippen LogP contribution in [0.3, 0.4) is 0 Å². The molecule has 0 heterocycles. The third-order valence-electron chi connectivity index (χ3n) is 7.06. The van der Waals surface area contributed by atoms with Crippen molar-refractivity contribution in [3.63, 3.8) is 0 Å². The highest BCUT2D eigenvalue weighted by molar-refractivity contribution is 7.92. The smallest absolute Gasteiger partial charge is 0.264 e. The molecular formula is C34H33Cl4N3O4S. The molecule has 2 amide bonds. The second-order valence-electron chi connectivity index (χ2n) is 11.1. The zero-order valence-corrected chi connectivity index (χ0v) is 29.2. The van der Waals surface area contributed by atoms with Crippen molar-refractivity contribution in [1.29, 1.82) is 0 Å². The number of anilines is 1. The van der Waals surface area contributed by atoms with Gasteiger partial charge in [0.1, 0.15) is 12.6 Å². The minimum absolute atomic E-state index is 0.0311. The minimum atomic E-state index is -4.31. The summed E-state index contributed by atoms with van der Waals surface area (Å²) in [7, 11) is -4.31. The van der Waals surface area contributed by atoms with Gasteiger partial charge in [0.25, 0.3) is 10.0 Å². The summed E-state index contributed by atoms with van der Waals surface area (Å²) in [6, 6.07) is 23.5. The van der Waals surface area contributed by atoms with Gasteiger partial charge >= 0.3 is 0 Å². The molecule has 0 saturated carbocycles. The van der Waals surface area contributed by atoms with E-state index in [0.717, 1.165) is 15.4 Å². The number of carbonyl (C=O) groups excluding carboxylic acids is 2.